The third kappa shape index (κ3) is 4.60. The predicted octanol–water partition coefficient (Wildman–Crippen LogP) is 3.59. The van der Waals surface area contributed by atoms with Gasteiger partial charge in [-0.15, -0.1) is 0 Å². The second-order valence-corrected chi connectivity index (χ2v) is 6.75. The van der Waals surface area contributed by atoms with E-state index in [0.29, 0.717) is 6.54 Å². The average Bonchev–Trinajstić information content (AvgIpc) is 3.10. The molecule has 4 heteroatoms. The summed E-state index contributed by atoms with van der Waals surface area (Å²) < 4.78 is 0. The highest BCUT2D eigenvalue weighted by Gasteiger charge is 2.23. The second kappa shape index (κ2) is 8.17. The zero-order valence-electron chi connectivity index (χ0n) is 15.1. The molecule has 1 saturated heterocycles. The Labute approximate surface area is 150 Å². The van der Waals surface area contributed by atoms with Crippen LogP contribution in [0, 0.1) is 0 Å². The van der Waals surface area contributed by atoms with Crippen molar-refractivity contribution in [3.05, 3.63) is 60.2 Å². The van der Waals surface area contributed by atoms with Crippen molar-refractivity contribution in [3.8, 4) is 11.1 Å². The van der Waals surface area contributed by atoms with Crippen LogP contribution in [0.1, 0.15) is 18.9 Å². The van der Waals surface area contributed by atoms with E-state index in [-0.39, 0.29) is 12.1 Å². The molecule has 0 aliphatic carbocycles. The van der Waals surface area contributed by atoms with E-state index in [2.05, 4.69) is 53.5 Å². The molecule has 0 spiro atoms. The molecule has 1 fully saturated rings. The Morgan fingerprint density at radius 2 is 1.80 bits per heavy atom. The summed E-state index contributed by atoms with van der Waals surface area (Å²) >= 11 is 0. The van der Waals surface area contributed by atoms with Gasteiger partial charge in [0.1, 0.15) is 0 Å². The lowest BCUT2D eigenvalue weighted by Gasteiger charge is -2.21. The Hall–Kier alpha value is -2.33. The fourth-order valence-corrected chi connectivity index (χ4v) is 3.30. The third-order valence-electron chi connectivity index (χ3n) is 4.87. The molecule has 3 rings (SSSR count). The van der Waals surface area contributed by atoms with Gasteiger partial charge >= 0.3 is 6.03 Å². The number of nitrogens with one attached hydrogen (secondary N) is 1. The van der Waals surface area contributed by atoms with Crippen LogP contribution in [0.4, 0.5) is 4.79 Å². The van der Waals surface area contributed by atoms with Crippen molar-refractivity contribution in [2.75, 3.05) is 26.7 Å². The van der Waals surface area contributed by atoms with E-state index in [1.54, 1.807) is 4.90 Å². The van der Waals surface area contributed by atoms with E-state index in [9.17, 15) is 4.79 Å². The van der Waals surface area contributed by atoms with E-state index >= 15 is 0 Å². The Bertz CT molecular complexity index is 684. The molecule has 1 unspecified atom stereocenters. The van der Waals surface area contributed by atoms with Crippen LogP contribution in [0.5, 0.6) is 0 Å². The van der Waals surface area contributed by atoms with Gasteiger partial charge in [0, 0.05) is 32.7 Å². The van der Waals surface area contributed by atoms with E-state index in [1.807, 2.05) is 25.2 Å². The predicted molar refractivity (Wildman–Crippen MR) is 102 cm³/mol. The molecular formula is C21H27N3O. The van der Waals surface area contributed by atoms with Crippen molar-refractivity contribution in [2.45, 2.75) is 25.9 Å². The number of hydrogen-bond acceptors (Lipinski definition) is 2. The Morgan fingerprint density at radius 1 is 1.12 bits per heavy atom. The lowest BCUT2D eigenvalue weighted by Crippen LogP contribution is -2.43. The van der Waals surface area contributed by atoms with Crippen molar-refractivity contribution < 1.29 is 4.79 Å². The summed E-state index contributed by atoms with van der Waals surface area (Å²) in [4.78, 5) is 16.5. The molecule has 2 amide bonds. The minimum absolute atomic E-state index is 0.00934. The lowest BCUT2D eigenvalue weighted by molar-refractivity contribution is 0.202. The molecule has 1 aliphatic heterocycles. The first kappa shape index (κ1) is 17.5. The smallest absolute Gasteiger partial charge is 0.317 e. The summed E-state index contributed by atoms with van der Waals surface area (Å²) in [5, 5.41) is 3.15. The van der Waals surface area contributed by atoms with Gasteiger partial charge in [-0.2, -0.15) is 0 Å². The molecule has 132 valence electrons. The molecule has 2 aromatic carbocycles. The number of likely N-dealkylation sites (tertiary alicyclic amines) is 1. The van der Waals surface area contributed by atoms with Gasteiger partial charge in [-0.25, -0.2) is 4.79 Å². The van der Waals surface area contributed by atoms with Gasteiger partial charge in [0.15, 0.2) is 0 Å². The minimum atomic E-state index is 0.00934. The maximum Gasteiger partial charge on any atom is 0.317 e. The number of benzene rings is 2. The van der Waals surface area contributed by atoms with Crippen molar-refractivity contribution in [2.24, 2.45) is 0 Å². The fraction of sp³-hybridized carbons (Fsp3) is 0.381. The second-order valence-electron chi connectivity index (χ2n) is 6.75. The van der Waals surface area contributed by atoms with Gasteiger partial charge in [-0.1, -0.05) is 61.5 Å². The number of rotatable bonds is 5. The SMILES string of the molecule is CCN1CCC(NC(=O)N(C)Cc2ccc(-c3ccccc3)cc2)C1. The van der Waals surface area contributed by atoms with Crippen molar-refractivity contribution >= 4 is 6.03 Å². The van der Waals surface area contributed by atoms with Gasteiger partial charge in [0.25, 0.3) is 0 Å². The maximum absolute atomic E-state index is 12.4. The largest absolute Gasteiger partial charge is 0.334 e. The summed E-state index contributed by atoms with van der Waals surface area (Å²) in [5.74, 6) is 0. The van der Waals surface area contributed by atoms with Crippen LogP contribution >= 0.6 is 0 Å². The normalized spacial score (nSPS) is 17.4. The standard InChI is InChI=1S/C21H27N3O/c1-3-24-14-13-20(16-24)22-21(25)23(2)15-17-9-11-19(12-10-17)18-7-5-4-6-8-18/h4-12,20H,3,13-16H2,1-2H3,(H,22,25). The van der Waals surface area contributed by atoms with Gasteiger partial charge in [-0.05, 0) is 29.7 Å². The first-order valence-electron chi connectivity index (χ1n) is 9.04. The van der Waals surface area contributed by atoms with Gasteiger partial charge in [0.2, 0.25) is 0 Å². The van der Waals surface area contributed by atoms with Crippen molar-refractivity contribution in [3.63, 3.8) is 0 Å². The van der Waals surface area contributed by atoms with Crippen LogP contribution in [0.15, 0.2) is 54.6 Å². The highest BCUT2D eigenvalue weighted by atomic mass is 16.2. The van der Waals surface area contributed by atoms with Gasteiger partial charge < -0.3 is 15.1 Å². The Kier molecular flexibility index (Phi) is 5.71. The van der Waals surface area contributed by atoms with E-state index in [0.717, 1.165) is 31.6 Å². The highest BCUT2D eigenvalue weighted by Crippen LogP contribution is 2.19. The number of hydrogen-bond donors (Lipinski definition) is 1. The monoisotopic (exact) mass is 337 g/mol. The molecule has 0 saturated carbocycles. The molecule has 1 aliphatic rings. The molecule has 0 radical (unpaired) electrons. The summed E-state index contributed by atoms with van der Waals surface area (Å²) in [5.41, 5.74) is 3.54. The summed E-state index contributed by atoms with van der Waals surface area (Å²) in [6.07, 6.45) is 1.04. The van der Waals surface area contributed by atoms with Crippen LogP contribution in [0.2, 0.25) is 0 Å². The van der Waals surface area contributed by atoms with Crippen molar-refractivity contribution in [1.82, 2.24) is 15.1 Å². The topological polar surface area (TPSA) is 35.6 Å². The maximum atomic E-state index is 12.4. The zero-order valence-corrected chi connectivity index (χ0v) is 15.1. The number of urea groups is 1. The Balaban J connectivity index is 1.54. The number of carbonyl (C=O) groups excluding carboxylic acids is 1. The number of carbonyl (C=O) groups is 1. The highest BCUT2D eigenvalue weighted by molar-refractivity contribution is 5.74. The van der Waals surface area contributed by atoms with E-state index in [4.69, 9.17) is 0 Å². The summed E-state index contributed by atoms with van der Waals surface area (Å²) in [6, 6.07) is 19.0. The number of likely N-dealkylation sites (N-methyl/N-ethyl adjacent to an activating group) is 1. The van der Waals surface area contributed by atoms with Crippen molar-refractivity contribution in [1.29, 1.82) is 0 Å². The van der Waals surface area contributed by atoms with E-state index in [1.165, 1.54) is 11.1 Å². The molecule has 0 bridgehead atoms. The van der Waals surface area contributed by atoms with Gasteiger partial charge in [-0.3, -0.25) is 0 Å². The molecule has 25 heavy (non-hydrogen) atoms. The first-order chi connectivity index (χ1) is 12.2. The first-order valence-corrected chi connectivity index (χ1v) is 9.04. The number of nitrogens with zero attached hydrogens (tertiary/aromatic N) is 2. The van der Waals surface area contributed by atoms with Crippen LogP contribution in [0.25, 0.3) is 11.1 Å². The van der Waals surface area contributed by atoms with Crippen LogP contribution in [-0.4, -0.2) is 48.6 Å². The molecule has 4 nitrogen and oxygen atoms in total. The van der Waals surface area contributed by atoms with Crippen LogP contribution in [0.3, 0.4) is 0 Å². The van der Waals surface area contributed by atoms with E-state index < -0.39 is 0 Å². The van der Waals surface area contributed by atoms with Crippen LogP contribution < -0.4 is 5.32 Å². The molecule has 2 aromatic rings. The number of amides is 2. The average molecular weight is 337 g/mol. The molecular weight excluding hydrogens is 310 g/mol. The summed E-state index contributed by atoms with van der Waals surface area (Å²) in [6.45, 7) is 5.87. The fourth-order valence-electron chi connectivity index (χ4n) is 3.30. The molecule has 1 heterocycles. The minimum Gasteiger partial charge on any atom is -0.334 e. The van der Waals surface area contributed by atoms with Gasteiger partial charge in [0.05, 0.1) is 0 Å². The Morgan fingerprint density at radius 3 is 2.44 bits per heavy atom. The lowest BCUT2D eigenvalue weighted by atomic mass is 10.0. The van der Waals surface area contributed by atoms with Crippen LogP contribution in [-0.2, 0) is 6.54 Å². The third-order valence-corrected chi connectivity index (χ3v) is 4.87. The molecule has 1 atom stereocenters. The quantitative estimate of drug-likeness (QED) is 0.905. The molecule has 0 aromatic heterocycles. The molecule has 1 N–H and O–H groups in total. The zero-order chi connectivity index (χ0) is 17.6. The summed E-state index contributed by atoms with van der Waals surface area (Å²) in [7, 11) is 1.85.